The van der Waals surface area contributed by atoms with Gasteiger partial charge in [-0.25, -0.2) is 9.59 Å². The minimum atomic E-state index is -1.03. The van der Waals surface area contributed by atoms with Crippen LogP contribution in [0.15, 0.2) is 24.3 Å². The molecule has 0 spiro atoms. The van der Waals surface area contributed by atoms with Crippen molar-refractivity contribution in [3.8, 4) is 5.75 Å². The highest BCUT2D eigenvalue weighted by molar-refractivity contribution is 5.82. The van der Waals surface area contributed by atoms with Crippen molar-refractivity contribution >= 4 is 12.0 Å². The van der Waals surface area contributed by atoms with Crippen molar-refractivity contribution in [2.45, 2.75) is 26.4 Å². The van der Waals surface area contributed by atoms with Crippen LogP contribution < -0.4 is 10.1 Å². The Kier molecular flexibility index (Phi) is 6.02. The van der Waals surface area contributed by atoms with E-state index in [2.05, 4.69) is 5.32 Å². The summed E-state index contributed by atoms with van der Waals surface area (Å²) >= 11 is 0. The maximum absolute atomic E-state index is 12.0. The van der Waals surface area contributed by atoms with Crippen molar-refractivity contribution in [3.05, 3.63) is 29.8 Å². The van der Waals surface area contributed by atoms with Crippen LogP contribution in [0.3, 0.4) is 0 Å². The van der Waals surface area contributed by atoms with E-state index < -0.39 is 18.0 Å². The lowest BCUT2D eigenvalue weighted by molar-refractivity contribution is -0.140. The van der Waals surface area contributed by atoms with Gasteiger partial charge in [0.25, 0.3) is 0 Å². The molecule has 0 aliphatic heterocycles. The summed E-state index contributed by atoms with van der Waals surface area (Å²) in [6.07, 6.45) is 0. The maximum atomic E-state index is 12.0. The van der Waals surface area contributed by atoms with E-state index in [1.165, 1.54) is 4.90 Å². The largest absolute Gasteiger partial charge is 0.497 e. The fourth-order valence-corrected chi connectivity index (χ4v) is 1.87. The predicted octanol–water partition coefficient (Wildman–Crippen LogP) is 1.95. The quantitative estimate of drug-likeness (QED) is 0.840. The number of benzene rings is 1. The van der Waals surface area contributed by atoms with E-state index in [0.717, 1.165) is 5.56 Å². The number of carboxylic acid groups (broad SMARTS) is 1. The molecule has 2 amide bonds. The molecule has 0 saturated heterocycles. The first-order valence-corrected chi connectivity index (χ1v) is 6.72. The van der Waals surface area contributed by atoms with Crippen molar-refractivity contribution in [2.75, 3.05) is 14.2 Å². The third kappa shape index (κ3) is 4.98. The van der Waals surface area contributed by atoms with Crippen LogP contribution in [0.2, 0.25) is 0 Å². The van der Waals surface area contributed by atoms with Gasteiger partial charge in [0.1, 0.15) is 11.8 Å². The average molecular weight is 294 g/mol. The Balaban J connectivity index is 2.67. The van der Waals surface area contributed by atoms with Gasteiger partial charge < -0.3 is 20.1 Å². The number of hydrogen-bond acceptors (Lipinski definition) is 3. The Labute approximate surface area is 124 Å². The average Bonchev–Trinajstić information content (AvgIpc) is 2.43. The highest BCUT2D eigenvalue weighted by Crippen LogP contribution is 2.14. The Bertz CT molecular complexity index is 502. The number of ether oxygens (including phenoxy) is 1. The van der Waals surface area contributed by atoms with Crippen LogP contribution in [-0.2, 0) is 11.3 Å². The van der Waals surface area contributed by atoms with Crippen LogP contribution in [0.1, 0.15) is 19.4 Å². The fourth-order valence-electron chi connectivity index (χ4n) is 1.87. The number of carbonyl (C=O) groups is 2. The molecule has 1 unspecified atom stereocenters. The minimum absolute atomic E-state index is 0.184. The molecule has 6 nitrogen and oxygen atoms in total. The fraction of sp³-hybridized carbons (Fsp3) is 0.467. The number of hydrogen-bond donors (Lipinski definition) is 2. The van der Waals surface area contributed by atoms with Crippen molar-refractivity contribution in [2.24, 2.45) is 5.92 Å². The van der Waals surface area contributed by atoms with Gasteiger partial charge in [-0.15, -0.1) is 0 Å². The normalized spacial score (nSPS) is 11.9. The standard InChI is InChI=1S/C15H22N2O4/c1-10(2)13(14(18)19)16-15(20)17(3)9-11-6-5-7-12(8-11)21-4/h5-8,10,13H,9H2,1-4H3,(H,16,20)(H,18,19). The van der Waals surface area contributed by atoms with E-state index in [9.17, 15) is 9.59 Å². The lowest BCUT2D eigenvalue weighted by atomic mass is 10.1. The maximum Gasteiger partial charge on any atom is 0.326 e. The summed E-state index contributed by atoms with van der Waals surface area (Å²) in [5.74, 6) is -0.503. The van der Waals surface area contributed by atoms with E-state index in [-0.39, 0.29) is 5.92 Å². The molecule has 0 fully saturated rings. The predicted molar refractivity (Wildman–Crippen MR) is 79.3 cm³/mol. The van der Waals surface area contributed by atoms with Crippen molar-refractivity contribution in [1.29, 1.82) is 0 Å². The van der Waals surface area contributed by atoms with Crippen LogP contribution in [0.25, 0.3) is 0 Å². The number of rotatable bonds is 6. The van der Waals surface area contributed by atoms with Gasteiger partial charge in [-0.3, -0.25) is 0 Å². The zero-order valence-corrected chi connectivity index (χ0v) is 12.8. The van der Waals surface area contributed by atoms with Crippen LogP contribution in [0.5, 0.6) is 5.75 Å². The molecular weight excluding hydrogens is 272 g/mol. The Morgan fingerprint density at radius 3 is 2.57 bits per heavy atom. The number of amides is 2. The van der Waals surface area contributed by atoms with E-state index in [0.29, 0.717) is 12.3 Å². The zero-order chi connectivity index (χ0) is 16.0. The van der Waals surface area contributed by atoms with Gasteiger partial charge in [0.2, 0.25) is 0 Å². The lowest BCUT2D eigenvalue weighted by Crippen LogP contribution is -2.48. The molecule has 1 aromatic rings. The molecule has 0 saturated carbocycles. The van der Waals surface area contributed by atoms with E-state index >= 15 is 0 Å². The highest BCUT2D eigenvalue weighted by atomic mass is 16.5. The summed E-state index contributed by atoms with van der Waals surface area (Å²) in [4.78, 5) is 24.6. The summed E-state index contributed by atoms with van der Waals surface area (Å²) in [7, 11) is 3.20. The number of nitrogens with one attached hydrogen (secondary N) is 1. The molecule has 0 aliphatic carbocycles. The molecule has 1 aromatic carbocycles. The van der Waals surface area contributed by atoms with Crippen molar-refractivity contribution < 1.29 is 19.4 Å². The molecule has 0 heterocycles. The first-order chi connectivity index (χ1) is 9.85. The van der Waals surface area contributed by atoms with Crippen LogP contribution in [0, 0.1) is 5.92 Å². The molecule has 0 aromatic heterocycles. The zero-order valence-electron chi connectivity index (χ0n) is 12.8. The third-order valence-electron chi connectivity index (χ3n) is 3.11. The number of urea groups is 1. The van der Waals surface area contributed by atoms with Crippen LogP contribution in [-0.4, -0.2) is 42.2 Å². The second-order valence-corrected chi connectivity index (χ2v) is 5.22. The molecule has 1 atom stereocenters. The molecule has 2 N–H and O–H groups in total. The Morgan fingerprint density at radius 1 is 1.38 bits per heavy atom. The van der Waals surface area contributed by atoms with Crippen LogP contribution in [0.4, 0.5) is 4.79 Å². The van der Waals surface area contributed by atoms with E-state index in [4.69, 9.17) is 9.84 Å². The molecule has 21 heavy (non-hydrogen) atoms. The molecule has 116 valence electrons. The molecule has 1 rings (SSSR count). The molecule has 6 heteroatoms. The number of nitrogens with zero attached hydrogens (tertiary/aromatic N) is 1. The molecule has 0 radical (unpaired) electrons. The van der Waals surface area contributed by atoms with Gasteiger partial charge in [0.05, 0.1) is 7.11 Å². The molecule has 0 bridgehead atoms. The number of methoxy groups -OCH3 is 1. The Hall–Kier alpha value is -2.24. The van der Waals surface area contributed by atoms with Gasteiger partial charge in [-0.2, -0.15) is 0 Å². The van der Waals surface area contributed by atoms with Gasteiger partial charge in [0, 0.05) is 13.6 Å². The van der Waals surface area contributed by atoms with Gasteiger partial charge in [-0.05, 0) is 23.6 Å². The third-order valence-corrected chi connectivity index (χ3v) is 3.11. The van der Waals surface area contributed by atoms with Gasteiger partial charge in [-0.1, -0.05) is 26.0 Å². The van der Waals surface area contributed by atoms with Crippen molar-refractivity contribution in [3.63, 3.8) is 0 Å². The summed E-state index contributed by atoms with van der Waals surface area (Å²) in [5, 5.41) is 11.6. The first-order valence-electron chi connectivity index (χ1n) is 6.72. The Morgan fingerprint density at radius 2 is 2.05 bits per heavy atom. The number of aliphatic carboxylic acids is 1. The SMILES string of the molecule is COc1cccc(CN(C)C(=O)NC(C(=O)O)C(C)C)c1. The minimum Gasteiger partial charge on any atom is -0.497 e. The summed E-state index contributed by atoms with van der Waals surface area (Å²) in [5.41, 5.74) is 0.906. The van der Waals surface area contributed by atoms with Crippen LogP contribution >= 0.6 is 0 Å². The lowest BCUT2D eigenvalue weighted by Gasteiger charge is -2.23. The van der Waals surface area contributed by atoms with E-state index in [1.54, 1.807) is 28.0 Å². The molecule has 0 aliphatic rings. The van der Waals surface area contributed by atoms with E-state index in [1.807, 2.05) is 24.3 Å². The summed E-state index contributed by atoms with van der Waals surface area (Å²) < 4.78 is 5.13. The smallest absolute Gasteiger partial charge is 0.326 e. The monoisotopic (exact) mass is 294 g/mol. The van der Waals surface area contributed by atoms with Gasteiger partial charge >= 0.3 is 12.0 Å². The first kappa shape index (κ1) is 16.8. The second kappa shape index (κ2) is 7.52. The van der Waals surface area contributed by atoms with Gasteiger partial charge in [0.15, 0.2) is 0 Å². The summed E-state index contributed by atoms with van der Waals surface area (Å²) in [6.45, 7) is 3.87. The van der Waals surface area contributed by atoms with Crippen molar-refractivity contribution in [1.82, 2.24) is 10.2 Å². The number of carboxylic acids is 1. The topological polar surface area (TPSA) is 78.9 Å². The number of carbonyl (C=O) groups excluding carboxylic acids is 1. The molecular formula is C15H22N2O4. The highest BCUT2D eigenvalue weighted by Gasteiger charge is 2.24. The summed E-state index contributed by atoms with van der Waals surface area (Å²) in [6, 6.07) is 6.06. The second-order valence-electron chi connectivity index (χ2n) is 5.22.